The monoisotopic (exact) mass is 391 g/mol. The fourth-order valence-electron chi connectivity index (χ4n) is 5.50. The number of nitrogens with two attached hydrogens (primary N) is 1. The molecule has 0 radical (unpaired) electrons. The lowest BCUT2D eigenvalue weighted by atomic mass is 9.49. The number of alkyl halides is 1. The van der Waals surface area contributed by atoms with Crippen molar-refractivity contribution < 1.29 is 9.59 Å². The SMILES string of the molecule is NC(=O)Nc1cccc(NC(=O)C23CC4CC(CC(Br)(C4)C2)C3)c1. The van der Waals surface area contributed by atoms with Gasteiger partial charge in [-0.15, -0.1) is 0 Å². The highest BCUT2D eigenvalue weighted by Gasteiger charge is 2.59. The van der Waals surface area contributed by atoms with Crippen molar-refractivity contribution in [2.75, 3.05) is 10.6 Å². The van der Waals surface area contributed by atoms with Crippen LogP contribution >= 0.6 is 15.9 Å². The second kappa shape index (κ2) is 5.48. The van der Waals surface area contributed by atoms with Gasteiger partial charge in [-0.25, -0.2) is 4.79 Å². The quantitative estimate of drug-likeness (QED) is 0.683. The number of carbonyl (C=O) groups is 2. The topological polar surface area (TPSA) is 84.2 Å². The molecule has 4 saturated carbocycles. The van der Waals surface area contributed by atoms with Crippen molar-refractivity contribution in [2.24, 2.45) is 23.0 Å². The van der Waals surface area contributed by atoms with Crippen LogP contribution in [-0.2, 0) is 4.79 Å². The van der Waals surface area contributed by atoms with E-state index in [1.54, 1.807) is 18.2 Å². The molecular weight excluding hydrogens is 370 g/mol. The minimum atomic E-state index is -0.610. The van der Waals surface area contributed by atoms with Gasteiger partial charge in [-0.05, 0) is 68.6 Å². The van der Waals surface area contributed by atoms with Crippen molar-refractivity contribution in [3.63, 3.8) is 0 Å². The number of hydrogen-bond donors (Lipinski definition) is 3. The number of urea groups is 1. The van der Waals surface area contributed by atoms with E-state index in [1.165, 1.54) is 19.3 Å². The van der Waals surface area contributed by atoms with E-state index < -0.39 is 6.03 Å². The van der Waals surface area contributed by atoms with Crippen LogP contribution in [0.1, 0.15) is 38.5 Å². The number of benzene rings is 1. The third-order valence-corrected chi connectivity index (χ3v) is 6.79. The van der Waals surface area contributed by atoms with Crippen molar-refractivity contribution in [1.82, 2.24) is 0 Å². The van der Waals surface area contributed by atoms with Crippen LogP contribution in [0.3, 0.4) is 0 Å². The zero-order chi connectivity index (χ0) is 16.9. The van der Waals surface area contributed by atoms with Gasteiger partial charge >= 0.3 is 6.03 Å². The highest BCUT2D eigenvalue weighted by molar-refractivity contribution is 9.10. The molecule has 6 heteroatoms. The van der Waals surface area contributed by atoms with E-state index in [0.717, 1.165) is 19.3 Å². The highest BCUT2D eigenvalue weighted by atomic mass is 79.9. The van der Waals surface area contributed by atoms with Crippen LogP contribution in [0.2, 0.25) is 0 Å². The number of rotatable bonds is 3. The lowest BCUT2D eigenvalue weighted by molar-refractivity contribution is -0.138. The molecule has 5 nitrogen and oxygen atoms in total. The molecule has 2 unspecified atom stereocenters. The zero-order valence-electron chi connectivity index (χ0n) is 13.5. The molecule has 4 bridgehead atoms. The number of carbonyl (C=O) groups excluding carboxylic acids is 2. The Morgan fingerprint density at radius 2 is 1.71 bits per heavy atom. The molecule has 4 N–H and O–H groups in total. The Morgan fingerprint density at radius 1 is 1.08 bits per heavy atom. The van der Waals surface area contributed by atoms with E-state index in [9.17, 15) is 9.59 Å². The number of hydrogen-bond acceptors (Lipinski definition) is 2. The van der Waals surface area contributed by atoms with Crippen LogP contribution in [0.4, 0.5) is 16.2 Å². The lowest BCUT2D eigenvalue weighted by Gasteiger charge is -2.59. The molecule has 0 aromatic heterocycles. The van der Waals surface area contributed by atoms with E-state index >= 15 is 0 Å². The predicted molar refractivity (Wildman–Crippen MR) is 97.1 cm³/mol. The van der Waals surface area contributed by atoms with Gasteiger partial charge in [0.25, 0.3) is 0 Å². The molecule has 0 spiro atoms. The molecule has 4 fully saturated rings. The van der Waals surface area contributed by atoms with Crippen LogP contribution < -0.4 is 16.4 Å². The first-order valence-electron chi connectivity index (χ1n) is 8.53. The molecule has 24 heavy (non-hydrogen) atoms. The van der Waals surface area contributed by atoms with Gasteiger partial charge in [0.05, 0.1) is 5.41 Å². The summed E-state index contributed by atoms with van der Waals surface area (Å²) in [5, 5.41) is 5.62. The largest absolute Gasteiger partial charge is 0.351 e. The Labute approximate surface area is 149 Å². The maximum absolute atomic E-state index is 13.1. The molecule has 2 atom stereocenters. The number of primary amides is 1. The predicted octanol–water partition coefficient (Wildman–Crippen LogP) is 3.85. The Hall–Kier alpha value is -1.56. The fraction of sp³-hybridized carbons (Fsp3) is 0.556. The van der Waals surface area contributed by atoms with Gasteiger partial charge in [-0.1, -0.05) is 22.0 Å². The Kier molecular flexibility index (Phi) is 3.64. The zero-order valence-corrected chi connectivity index (χ0v) is 15.1. The minimum absolute atomic E-state index is 0.122. The standard InChI is InChI=1S/C18H22BrN3O2/c19-18-8-11-4-12(9-18)7-17(6-11,10-18)15(23)21-13-2-1-3-14(5-13)22-16(20)24/h1-3,5,11-12H,4,6-10H2,(H,21,23)(H3,20,22,24). The molecular formula is C18H22BrN3O2. The van der Waals surface area contributed by atoms with Gasteiger partial charge in [-0.3, -0.25) is 4.79 Å². The smallest absolute Gasteiger partial charge is 0.316 e. The molecule has 0 aliphatic heterocycles. The third-order valence-electron chi connectivity index (χ3n) is 5.86. The Morgan fingerprint density at radius 3 is 2.29 bits per heavy atom. The van der Waals surface area contributed by atoms with Crippen LogP contribution in [0, 0.1) is 17.3 Å². The van der Waals surface area contributed by atoms with Crippen molar-refractivity contribution in [3.8, 4) is 0 Å². The molecule has 5 rings (SSSR count). The van der Waals surface area contributed by atoms with Gasteiger partial charge in [0, 0.05) is 15.7 Å². The number of amides is 3. The first-order chi connectivity index (χ1) is 11.4. The Balaban J connectivity index is 1.53. The summed E-state index contributed by atoms with van der Waals surface area (Å²) in [6.45, 7) is 0. The van der Waals surface area contributed by atoms with E-state index in [4.69, 9.17) is 5.73 Å². The summed E-state index contributed by atoms with van der Waals surface area (Å²) < 4.78 is 0.157. The fourth-order valence-corrected chi connectivity index (χ4v) is 6.95. The molecule has 128 valence electrons. The normalized spacial score (nSPS) is 36.4. The lowest BCUT2D eigenvalue weighted by Crippen LogP contribution is -2.57. The maximum Gasteiger partial charge on any atom is 0.316 e. The highest BCUT2D eigenvalue weighted by Crippen LogP contribution is 2.64. The van der Waals surface area contributed by atoms with Gasteiger partial charge < -0.3 is 16.4 Å². The summed E-state index contributed by atoms with van der Waals surface area (Å²) >= 11 is 3.94. The molecule has 0 saturated heterocycles. The third kappa shape index (κ3) is 2.81. The molecule has 4 aliphatic rings. The van der Waals surface area contributed by atoms with Crippen LogP contribution in [0.15, 0.2) is 24.3 Å². The minimum Gasteiger partial charge on any atom is -0.351 e. The van der Waals surface area contributed by atoms with E-state index in [1.807, 2.05) is 6.07 Å². The summed E-state index contributed by atoms with van der Waals surface area (Å²) in [6.07, 6.45) is 6.62. The molecule has 3 amide bonds. The summed E-state index contributed by atoms with van der Waals surface area (Å²) in [7, 11) is 0. The summed E-state index contributed by atoms with van der Waals surface area (Å²) in [5.74, 6) is 1.45. The van der Waals surface area contributed by atoms with Gasteiger partial charge in [0.1, 0.15) is 0 Å². The first kappa shape index (κ1) is 15.9. The maximum atomic E-state index is 13.1. The van der Waals surface area contributed by atoms with E-state index in [2.05, 4.69) is 26.6 Å². The second-order valence-electron chi connectivity index (χ2n) is 7.92. The average Bonchev–Trinajstić information content (AvgIpc) is 2.44. The van der Waals surface area contributed by atoms with Crippen molar-refractivity contribution in [1.29, 1.82) is 0 Å². The molecule has 4 aliphatic carbocycles. The molecule has 1 aromatic carbocycles. The van der Waals surface area contributed by atoms with Crippen molar-refractivity contribution >= 4 is 39.2 Å². The number of nitrogens with one attached hydrogen (secondary N) is 2. The van der Waals surface area contributed by atoms with Crippen LogP contribution in [-0.4, -0.2) is 16.3 Å². The molecule has 0 heterocycles. The van der Waals surface area contributed by atoms with Crippen molar-refractivity contribution in [3.05, 3.63) is 24.3 Å². The van der Waals surface area contributed by atoms with Crippen LogP contribution in [0.25, 0.3) is 0 Å². The van der Waals surface area contributed by atoms with Gasteiger partial charge in [-0.2, -0.15) is 0 Å². The van der Waals surface area contributed by atoms with Crippen molar-refractivity contribution in [2.45, 2.75) is 42.8 Å². The summed E-state index contributed by atoms with van der Waals surface area (Å²) in [5.41, 5.74) is 6.19. The van der Waals surface area contributed by atoms with Crippen LogP contribution in [0.5, 0.6) is 0 Å². The first-order valence-corrected chi connectivity index (χ1v) is 9.32. The van der Waals surface area contributed by atoms with Gasteiger partial charge in [0.2, 0.25) is 5.91 Å². The van der Waals surface area contributed by atoms with Gasteiger partial charge in [0.15, 0.2) is 0 Å². The van der Waals surface area contributed by atoms with E-state index in [0.29, 0.717) is 23.2 Å². The molecule has 1 aromatic rings. The Bertz CT molecular complexity index is 691. The summed E-state index contributed by atoms with van der Waals surface area (Å²) in [4.78, 5) is 24.1. The average molecular weight is 392 g/mol. The second-order valence-corrected chi connectivity index (χ2v) is 9.60. The van der Waals surface area contributed by atoms with E-state index in [-0.39, 0.29) is 15.6 Å². The number of halogens is 1. The summed E-state index contributed by atoms with van der Waals surface area (Å²) in [6, 6.07) is 6.52. The number of anilines is 2.